The standard InChI is InChI=1S/C27H31F2N3O5S/c1-18-7-8-25(19-5-3-2-4-6-19)38(34,35)32(18)17-20-13-24(29)22(15-23(20)28)27(9-11-36-12-10-27)30-16-21-14-26(33)31-37-21/h2-6,13-15,18,25,30H,7-12,16-17H2,1H3,(H,31,33)/t18-,25+/m0/s1. The van der Waals surface area contributed by atoms with Gasteiger partial charge in [-0.2, -0.15) is 9.46 Å². The lowest BCUT2D eigenvalue weighted by Gasteiger charge is -2.39. The number of halogens is 2. The quantitative estimate of drug-likeness (QED) is 0.462. The molecule has 0 saturated carbocycles. The van der Waals surface area contributed by atoms with Gasteiger partial charge in [-0.1, -0.05) is 30.3 Å². The van der Waals surface area contributed by atoms with Crippen LogP contribution in [0.5, 0.6) is 0 Å². The number of aromatic nitrogens is 1. The smallest absolute Gasteiger partial charge is 0.280 e. The van der Waals surface area contributed by atoms with E-state index in [4.69, 9.17) is 9.26 Å². The second-order valence-corrected chi connectivity index (χ2v) is 12.1. The lowest BCUT2D eigenvalue weighted by Crippen LogP contribution is -2.47. The van der Waals surface area contributed by atoms with Crippen LogP contribution in [0.1, 0.15) is 60.3 Å². The average Bonchev–Trinajstić information content (AvgIpc) is 3.33. The van der Waals surface area contributed by atoms with Crippen LogP contribution in [-0.4, -0.2) is 37.1 Å². The van der Waals surface area contributed by atoms with Gasteiger partial charge in [-0.15, -0.1) is 0 Å². The molecule has 2 fully saturated rings. The monoisotopic (exact) mass is 547 g/mol. The van der Waals surface area contributed by atoms with Gasteiger partial charge in [0, 0.05) is 43.0 Å². The van der Waals surface area contributed by atoms with Crippen molar-refractivity contribution in [1.82, 2.24) is 14.8 Å². The summed E-state index contributed by atoms with van der Waals surface area (Å²) in [5.41, 5.74) is -0.524. The van der Waals surface area contributed by atoms with Crippen LogP contribution in [-0.2, 0) is 33.4 Å². The van der Waals surface area contributed by atoms with E-state index >= 15 is 8.78 Å². The molecule has 3 aromatic rings. The molecule has 5 rings (SSSR count). The lowest BCUT2D eigenvalue weighted by atomic mass is 9.81. The molecule has 204 valence electrons. The number of rotatable bonds is 7. The van der Waals surface area contributed by atoms with Crippen LogP contribution in [0.3, 0.4) is 0 Å². The van der Waals surface area contributed by atoms with Crippen molar-refractivity contribution in [3.63, 3.8) is 0 Å². The summed E-state index contributed by atoms with van der Waals surface area (Å²) in [7, 11) is -3.80. The summed E-state index contributed by atoms with van der Waals surface area (Å²) in [4.78, 5) is 11.4. The van der Waals surface area contributed by atoms with Crippen molar-refractivity contribution < 1.29 is 26.5 Å². The number of benzene rings is 2. The van der Waals surface area contributed by atoms with Crippen LogP contribution >= 0.6 is 0 Å². The van der Waals surface area contributed by atoms with Gasteiger partial charge in [0.1, 0.15) is 16.9 Å². The topological polar surface area (TPSA) is 105 Å². The average molecular weight is 548 g/mol. The van der Waals surface area contributed by atoms with E-state index in [1.807, 2.05) is 6.07 Å². The fraction of sp³-hybridized carbons (Fsp3) is 0.444. The molecule has 0 unspecified atom stereocenters. The molecule has 38 heavy (non-hydrogen) atoms. The molecule has 3 heterocycles. The van der Waals surface area contributed by atoms with E-state index in [1.54, 1.807) is 31.2 Å². The summed E-state index contributed by atoms with van der Waals surface area (Å²) >= 11 is 0. The van der Waals surface area contributed by atoms with Gasteiger partial charge in [0.2, 0.25) is 10.0 Å². The first-order chi connectivity index (χ1) is 18.2. The molecule has 8 nitrogen and oxygen atoms in total. The molecule has 2 N–H and O–H groups in total. The van der Waals surface area contributed by atoms with Crippen molar-refractivity contribution in [2.45, 2.75) is 62.5 Å². The van der Waals surface area contributed by atoms with Crippen LogP contribution in [0.2, 0.25) is 0 Å². The summed E-state index contributed by atoms with van der Waals surface area (Å²) in [5.74, 6) is -0.963. The highest BCUT2D eigenvalue weighted by molar-refractivity contribution is 7.89. The highest BCUT2D eigenvalue weighted by atomic mass is 32.2. The van der Waals surface area contributed by atoms with E-state index in [0.717, 1.165) is 12.1 Å². The molecule has 0 spiro atoms. The van der Waals surface area contributed by atoms with Crippen LogP contribution in [0.4, 0.5) is 8.78 Å². The first kappa shape index (κ1) is 26.7. The second-order valence-electron chi connectivity index (χ2n) is 10.1. The zero-order chi connectivity index (χ0) is 26.9. The third-order valence-electron chi connectivity index (χ3n) is 7.70. The molecule has 1 aromatic heterocycles. The van der Waals surface area contributed by atoms with Gasteiger partial charge in [0.25, 0.3) is 5.56 Å². The Balaban J connectivity index is 1.43. The second kappa shape index (κ2) is 10.7. The minimum Gasteiger partial charge on any atom is -0.382 e. The molecular weight excluding hydrogens is 516 g/mol. The molecule has 2 aromatic carbocycles. The molecule has 2 aliphatic rings. The van der Waals surface area contributed by atoms with E-state index in [9.17, 15) is 13.2 Å². The Morgan fingerprint density at radius 1 is 1.08 bits per heavy atom. The number of hydrogen-bond donors (Lipinski definition) is 2. The van der Waals surface area contributed by atoms with Gasteiger partial charge < -0.3 is 9.26 Å². The van der Waals surface area contributed by atoms with Crippen LogP contribution in [0.15, 0.2) is 57.8 Å². The zero-order valence-corrected chi connectivity index (χ0v) is 21.9. The predicted octanol–water partition coefficient (Wildman–Crippen LogP) is 4.10. The van der Waals surface area contributed by atoms with Crippen molar-refractivity contribution in [3.8, 4) is 0 Å². The number of hydrogen-bond acceptors (Lipinski definition) is 6. The Morgan fingerprint density at radius 2 is 1.82 bits per heavy atom. The summed E-state index contributed by atoms with van der Waals surface area (Å²) in [6.45, 7) is 2.36. The number of H-pyrrole nitrogens is 1. The molecule has 2 aliphatic heterocycles. The lowest BCUT2D eigenvalue weighted by molar-refractivity contribution is 0.0332. The third kappa shape index (κ3) is 5.20. The van der Waals surface area contributed by atoms with Crippen molar-refractivity contribution in [1.29, 1.82) is 0 Å². The first-order valence-corrected chi connectivity index (χ1v) is 14.2. The molecule has 2 saturated heterocycles. The van der Waals surface area contributed by atoms with Crippen LogP contribution in [0.25, 0.3) is 0 Å². The van der Waals surface area contributed by atoms with Crippen molar-refractivity contribution in [2.24, 2.45) is 0 Å². The van der Waals surface area contributed by atoms with Gasteiger partial charge in [0.15, 0.2) is 5.76 Å². The largest absolute Gasteiger partial charge is 0.382 e. The van der Waals surface area contributed by atoms with E-state index in [0.29, 0.717) is 50.2 Å². The fourth-order valence-electron chi connectivity index (χ4n) is 5.52. The molecule has 0 amide bonds. The Labute approximate surface area is 220 Å². The predicted molar refractivity (Wildman–Crippen MR) is 137 cm³/mol. The Morgan fingerprint density at radius 3 is 2.50 bits per heavy atom. The van der Waals surface area contributed by atoms with E-state index in [-0.39, 0.29) is 35.8 Å². The summed E-state index contributed by atoms with van der Waals surface area (Å²) in [6.07, 6.45) is 1.85. The van der Waals surface area contributed by atoms with Crippen molar-refractivity contribution >= 4 is 10.0 Å². The molecule has 0 aliphatic carbocycles. The van der Waals surface area contributed by atoms with Gasteiger partial charge in [0.05, 0.1) is 12.1 Å². The fourth-order valence-corrected chi connectivity index (χ4v) is 7.71. The highest BCUT2D eigenvalue weighted by Gasteiger charge is 2.42. The van der Waals surface area contributed by atoms with Crippen LogP contribution in [0, 0.1) is 11.6 Å². The summed E-state index contributed by atoms with van der Waals surface area (Å²) in [5, 5.41) is 4.74. The van der Waals surface area contributed by atoms with Crippen molar-refractivity contribution in [3.05, 3.63) is 93.0 Å². The number of sulfonamides is 1. The number of aromatic amines is 1. The summed E-state index contributed by atoms with van der Waals surface area (Å²) in [6, 6.07) is 12.2. The molecular formula is C27H31F2N3O5S. The maximum atomic E-state index is 15.7. The van der Waals surface area contributed by atoms with E-state index in [1.165, 1.54) is 10.4 Å². The molecule has 2 atom stereocenters. The SMILES string of the molecule is C[C@H]1CC[C@H](c2ccccc2)S(=O)(=O)N1Cc1cc(F)c(C2(NCc3cc(=O)[nH]o3)CCOCC2)cc1F. The Bertz CT molecular complexity index is 1430. The van der Waals surface area contributed by atoms with Gasteiger partial charge >= 0.3 is 0 Å². The van der Waals surface area contributed by atoms with Gasteiger partial charge in [-0.05, 0) is 50.3 Å². The molecule has 11 heteroatoms. The molecule has 0 radical (unpaired) electrons. The first-order valence-electron chi connectivity index (χ1n) is 12.7. The maximum Gasteiger partial charge on any atom is 0.280 e. The van der Waals surface area contributed by atoms with E-state index < -0.39 is 32.4 Å². The van der Waals surface area contributed by atoms with Crippen LogP contribution < -0.4 is 10.9 Å². The highest BCUT2D eigenvalue weighted by Crippen LogP contribution is 2.39. The maximum absolute atomic E-state index is 15.7. The van der Waals surface area contributed by atoms with Gasteiger partial charge in [-0.3, -0.25) is 10.1 Å². The Hall–Kier alpha value is -2.86. The summed E-state index contributed by atoms with van der Waals surface area (Å²) < 4.78 is 70.2. The van der Waals surface area contributed by atoms with E-state index in [2.05, 4.69) is 10.5 Å². The van der Waals surface area contributed by atoms with Crippen molar-refractivity contribution in [2.75, 3.05) is 13.2 Å². The third-order valence-corrected chi connectivity index (χ3v) is 10.1. The number of nitrogens with one attached hydrogen (secondary N) is 2. The zero-order valence-electron chi connectivity index (χ0n) is 21.1. The van der Waals surface area contributed by atoms with Gasteiger partial charge in [-0.25, -0.2) is 17.2 Å². The normalized spacial score (nSPS) is 23.3. The molecule has 0 bridgehead atoms. The number of ether oxygens (including phenoxy) is 1. The number of nitrogens with zero attached hydrogens (tertiary/aromatic N) is 1. The minimum absolute atomic E-state index is 0.0192. The Kier molecular flexibility index (Phi) is 7.54. The minimum atomic E-state index is -3.80.